The van der Waals surface area contributed by atoms with Crippen molar-refractivity contribution in [3.8, 4) is 0 Å². The van der Waals surface area contributed by atoms with Crippen molar-refractivity contribution in [2.75, 3.05) is 19.7 Å². The molecule has 1 atom stereocenters. The number of hydrogen-bond donors (Lipinski definition) is 0. The molecule has 0 aliphatic carbocycles. The van der Waals surface area contributed by atoms with Gasteiger partial charge in [-0.1, -0.05) is 0 Å². The Balaban J connectivity index is 1.50. The van der Waals surface area contributed by atoms with Gasteiger partial charge in [0.25, 0.3) is 0 Å². The van der Waals surface area contributed by atoms with E-state index < -0.39 is 0 Å². The molecule has 24 heavy (non-hydrogen) atoms. The van der Waals surface area contributed by atoms with Crippen molar-refractivity contribution < 1.29 is 9.53 Å². The number of nitrogens with zero attached hydrogens (tertiary/aromatic N) is 5. The van der Waals surface area contributed by atoms with E-state index in [1.54, 1.807) is 18.6 Å². The summed E-state index contributed by atoms with van der Waals surface area (Å²) in [6.07, 6.45) is 6.09. The third-order valence-corrected chi connectivity index (χ3v) is 4.20. The lowest BCUT2D eigenvalue weighted by Crippen LogP contribution is -2.42. The minimum atomic E-state index is -0.188. The highest BCUT2D eigenvalue weighted by atomic mass is 16.5. The molecule has 3 heterocycles. The normalized spacial score (nSPS) is 17.9. The van der Waals surface area contributed by atoms with Gasteiger partial charge in [0.05, 0.1) is 30.7 Å². The van der Waals surface area contributed by atoms with Crippen molar-refractivity contribution in [1.82, 2.24) is 24.6 Å². The number of rotatable bonds is 5. The van der Waals surface area contributed by atoms with E-state index in [0.717, 1.165) is 30.0 Å². The van der Waals surface area contributed by atoms with Crippen LogP contribution in [-0.2, 0) is 16.1 Å². The molecular weight excluding hydrogens is 306 g/mol. The van der Waals surface area contributed by atoms with E-state index in [1.165, 1.54) is 0 Å². The number of carbonyl (C=O) groups is 1. The summed E-state index contributed by atoms with van der Waals surface area (Å²) in [4.78, 5) is 22.7. The van der Waals surface area contributed by atoms with Gasteiger partial charge in [0.2, 0.25) is 5.91 Å². The van der Waals surface area contributed by atoms with Crippen LogP contribution < -0.4 is 0 Å². The summed E-state index contributed by atoms with van der Waals surface area (Å²) in [5.41, 5.74) is 2.92. The number of hydrogen-bond acceptors (Lipinski definition) is 5. The van der Waals surface area contributed by atoms with Gasteiger partial charge in [0, 0.05) is 37.6 Å². The summed E-state index contributed by atoms with van der Waals surface area (Å²) in [7, 11) is 0. The Bertz CT molecular complexity index is 686. The van der Waals surface area contributed by atoms with E-state index in [-0.39, 0.29) is 12.0 Å². The zero-order valence-electron chi connectivity index (χ0n) is 14.2. The summed E-state index contributed by atoms with van der Waals surface area (Å²) in [5.74, 6) is 0.161. The Labute approximate surface area is 141 Å². The molecule has 1 aliphatic rings. The molecule has 1 amide bonds. The van der Waals surface area contributed by atoms with Crippen molar-refractivity contribution in [3.63, 3.8) is 0 Å². The summed E-state index contributed by atoms with van der Waals surface area (Å²) < 4.78 is 7.69. The van der Waals surface area contributed by atoms with Gasteiger partial charge in [-0.2, -0.15) is 5.10 Å². The van der Waals surface area contributed by atoms with Gasteiger partial charge in [-0.15, -0.1) is 0 Å². The zero-order valence-corrected chi connectivity index (χ0v) is 14.2. The standard InChI is InChI=1S/C17H23N5O2/c1-13-10-14(2)22(20-13)7-3-4-17(23)21-8-9-24-16(12-21)15-11-18-5-6-19-15/h5-6,10-11,16H,3-4,7-9,12H2,1-2H3/t16-/m0/s1. The topological polar surface area (TPSA) is 73.1 Å². The van der Waals surface area contributed by atoms with E-state index in [1.807, 2.05) is 23.4 Å². The summed E-state index contributed by atoms with van der Waals surface area (Å²) in [6.45, 7) is 6.49. The molecule has 0 saturated carbocycles. The molecule has 1 fully saturated rings. The molecule has 1 saturated heterocycles. The summed E-state index contributed by atoms with van der Waals surface area (Å²) in [5, 5.41) is 4.43. The first-order valence-electron chi connectivity index (χ1n) is 8.30. The number of carbonyl (C=O) groups excluding carboxylic acids is 1. The average molecular weight is 329 g/mol. The van der Waals surface area contributed by atoms with E-state index >= 15 is 0 Å². The van der Waals surface area contributed by atoms with E-state index in [9.17, 15) is 4.79 Å². The zero-order chi connectivity index (χ0) is 16.9. The number of aryl methyl sites for hydroxylation is 3. The SMILES string of the molecule is Cc1cc(C)n(CCCC(=O)N2CCO[C@H](c3cnccn3)C2)n1. The highest BCUT2D eigenvalue weighted by molar-refractivity contribution is 5.76. The molecule has 2 aromatic heterocycles. The number of aromatic nitrogens is 4. The Morgan fingerprint density at radius 2 is 2.25 bits per heavy atom. The fourth-order valence-electron chi connectivity index (χ4n) is 2.97. The Morgan fingerprint density at radius 3 is 2.96 bits per heavy atom. The van der Waals surface area contributed by atoms with Gasteiger partial charge in [-0.25, -0.2) is 0 Å². The van der Waals surface area contributed by atoms with Crippen molar-refractivity contribution in [2.24, 2.45) is 0 Å². The lowest BCUT2D eigenvalue weighted by molar-refractivity contribution is -0.139. The molecule has 7 nitrogen and oxygen atoms in total. The van der Waals surface area contributed by atoms with Crippen LogP contribution >= 0.6 is 0 Å². The fraction of sp³-hybridized carbons (Fsp3) is 0.529. The second kappa shape index (κ2) is 7.53. The minimum Gasteiger partial charge on any atom is -0.368 e. The number of morpholine rings is 1. The first kappa shape index (κ1) is 16.6. The minimum absolute atomic E-state index is 0.161. The monoisotopic (exact) mass is 329 g/mol. The van der Waals surface area contributed by atoms with E-state index in [0.29, 0.717) is 26.1 Å². The van der Waals surface area contributed by atoms with Gasteiger partial charge in [-0.05, 0) is 26.3 Å². The summed E-state index contributed by atoms with van der Waals surface area (Å²) >= 11 is 0. The molecule has 7 heteroatoms. The predicted octanol–water partition coefficient (Wildman–Crippen LogP) is 1.67. The molecule has 0 aromatic carbocycles. The molecule has 0 bridgehead atoms. The van der Waals surface area contributed by atoms with Crippen LogP contribution in [0.3, 0.4) is 0 Å². The van der Waals surface area contributed by atoms with Gasteiger partial charge < -0.3 is 9.64 Å². The van der Waals surface area contributed by atoms with Crippen LogP contribution in [0.5, 0.6) is 0 Å². The lowest BCUT2D eigenvalue weighted by Gasteiger charge is -2.32. The van der Waals surface area contributed by atoms with Gasteiger partial charge in [0.1, 0.15) is 6.10 Å². The molecule has 0 radical (unpaired) electrons. The largest absolute Gasteiger partial charge is 0.368 e. The van der Waals surface area contributed by atoms with Crippen LogP contribution in [0.1, 0.15) is 36.0 Å². The maximum Gasteiger partial charge on any atom is 0.222 e. The predicted molar refractivity (Wildman–Crippen MR) is 88.2 cm³/mol. The smallest absolute Gasteiger partial charge is 0.222 e. The van der Waals surface area contributed by atoms with Crippen LogP contribution in [0.15, 0.2) is 24.7 Å². The van der Waals surface area contributed by atoms with Crippen molar-refractivity contribution in [1.29, 1.82) is 0 Å². The number of amides is 1. The van der Waals surface area contributed by atoms with Crippen molar-refractivity contribution in [2.45, 2.75) is 39.3 Å². The molecule has 128 valence electrons. The molecule has 0 spiro atoms. The highest BCUT2D eigenvalue weighted by Crippen LogP contribution is 2.20. The Hall–Kier alpha value is -2.28. The van der Waals surface area contributed by atoms with Gasteiger partial charge in [-0.3, -0.25) is 19.4 Å². The molecule has 2 aromatic rings. The van der Waals surface area contributed by atoms with Gasteiger partial charge in [0.15, 0.2) is 0 Å². The molecule has 3 rings (SSSR count). The number of ether oxygens (including phenoxy) is 1. The third kappa shape index (κ3) is 3.97. The van der Waals surface area contributed by atoms with Crippen LogP contribution in [-0.4, -0.2) is 50.3 Å². The Kier molecular flexibility index (Phi) is 5.20. The third-order valence-electron chi connectivity index (χ3n) is 4.20. The molecule has 0 N–H and O–H groups in total. The van der Waals surface area contributed by atoms with Crippen LogP contribution in [0.25, 0.3) is 0 Å². The fourth-order valence-corrected chi connectivity index (χ4v) is 2.97. The second-order valence-electron chi connectivity index (χ2n) is 6.08. The molecule has 1 aliphatic heterocycles. The van der Waals surface area contributed by atoms with Crippen LogP contribution in [0.4, 0.5) is 0 Å². The highest BCUT2D eigenvalue weighted by Gasteiger charge is 2.26. The van der Waals surface area contributed by atoms with Crippen LogP contribution in [0, 0.1) is 13.8 Å². The van der Waals surface area contributed by atoms with E-state index in [4.69, 9.17) is 4.74 Å². The van der Waals surface area contributed by atoms with E-state index in [2.05, 4.69) is 21.1 Å². The van der Waals surface area contributed by atoms with Crippen molar-refractivity contribution in [3.05, 3.63) is 41.7 Å². The molecular formula is C17H23N5O2. The lowest BCUT2D eigenvalue weighted by atomic mass is 10.2. The quantitative estimate of drug-likeness (QED) is 0.834. The molecule has 0 unspecified atom stereocenters. The maximum absolute atomic E-state index is 12.5. The first-order chi connectivity index (χ1) is 11.6. The van der Waals surface area contributed by atoms with Gasteiger partial charge >= 0.3 is 0 Å². The second-order valence-corrected chi connectivity index (χ2v) is 6.08. The van der Waals surface area contributed by atoms with Crippen LogP contribution in [0.2, 0.25) is 0 Å². The first-order valence-corrected chi connectivity index (χ1v) is 8.30. The maximum atomic E-state index is 12.5. The van der Waals surface area contributed by atoms with Crippen molar-refractivity contribution >= 4 is 5.91 Å². The summed E-state index contributed by atoms with van der Waals surface area (Å²) in [6, 6.07) is 2.05. The Morgan fingerprint density at radius 1 is 1.38 bits per heavy atom. The average Bonchev–Trinajstić information content (AvgIpc) is 2.93.